The summed E-state index contributed by atoms with van der Waals surface area (Å²) in [6.07, 6.45) is 4.05. The van der Waals surface area contributed by atoms with Gasteiger partial charge in [-0.15, -0.1) is 0 Å². The lowest BCUT2D eigenvalue weighted by atomic mass is 10.2. The number of carboxylic acid groups (broad SMARTS) is 1. The molecule has 6 nitrogen and oxygen atoms in total. The maximum Gasteiger partial charge on any atom is 0.326 e. The third kappa shape index (κ3) is 3.35. The molecule has 2 rings (SSSR count). The monoisotopic (exact) mass is 256 g/mol. The summed E-state index contributed by atoms with van der Waals surface area (Å²) in [6.45, 7) is 0.680. The number of urea groups is 1. The van der Waals surface area contributed by atoms with Crippen LogP contribution in [-0.2, 0) is 4.79 Å². The standard InChI is InChI=1S/C12H20N2O4/c15-9-6-10(11(16)17)14(7-9)12(18)13-5-1-2-8-3-4-8/h8-10,15H,1-7H2,(H,13,18)(H,16,17)/t9-,10+/m1/s1. The second kappa shape index (κ2) is 5.56. The molecular formula is C12H20N2O4. The Morgan fingerprint density at radius 3 is 2.67 bits per heavy atom. The van der Waals surface area contributed by atoms with Gasteiger partial charge < -0.3 is 20.4 Å². The van der Waals surface area contributed by atoms with Crippen LogP contribution in [0.1, 0.15) is 32.1 Å². The molecule has 6 heteroatoms. The highest BCUT2D eigenvalue weighted by molar-refractivity contribution is 5.83. The Bertz CT molecular complexity index is 330. The number of likely N-dealkylation sites (tertiary alicyclic amines) is 1. The first kappa shape index (κ1) is 13.1. The van der Waals surface area contributed by atoms with Gasteiger partial charge in [0.1, 0.15) is 6.04 Å². The SMILES string of the molecule is O=C(O)[C@@H]1C[C@@H](O)CN1C(=O)NCCCC1CC1. The highest BCUT2D eigenvalue weighted by Gasteiger charge is 2.38. The fraction of sp³-hybridized carbons (Fsp3) is 0.833. The van der Waals surface area contributed by atoms with Crippen molar-refractivity contribution in [3.05, 3.63) is 0 Å². The summed E-state index contributed by atoms with van der Waals surface area (Å²) in [5, 5.41) is 21.1. The van der Waals surface area contributed by atoms with Gasteiger partial charge in [-0.05, 0) is 18.8 Å². The molecule has 1 heterocycles. The number of carbonyl (C=O) groups excluding carboxylic acids is 1. The quantitative estimate of drug-likeness (QED) is 0.621. The van der Waals surface area contributed by atoms with Crippen LogP contribution in [0.15, 0.2) is 0 Å². The number of β-amino-alcohol motifs (C(OH)–C–C–N with tert-alkyl or cyclic N) is 1. The van der Waals surface area contributed by atoms with Crippen LogP contribution in [-0.4, -0.2) is 52.3 Å². The zero-order chi connectivity index (χ0) is 13.1. The number of nitrogens with zero attached hydrogens (tertiary/aromatic N) is 1. The Hall–Kier alpha value is -1.30. The number of nitrogens with one attached hydrogen (secondary N) is 1. The Kier molecular flexibility index (Phi) is 4.06. The van der Waals surface area contributed by atoms with Crippen molar-refractivity contribution < 1.29 is 19.8 Å². The van der Waals surface area contributed by atoms with Gasteiger partial charge in [0.05, 0.1) is 6.10 Å². The van der Waals surface area contributed by atoms with Crippen molar-refractivity contribution in [2.45, 2.75) is 44.2 Å². The summed E-state index contributed by atoms with van der Waals surface area (Å²) < 4.78 is 0. The van der Waals surface area contributed by atoms with E-state index in [4.69, 9.17) is 5.11 Å². The van der Waals surface area contributed by atoms with Gasteiger partial charge in [0.2, 0.25) is 0 Å². The molecule has 0 unspecified atom stereocenters. The van der Waals surface area contributed by atoms with Gasteiger partial charge in [0, 0.05) is 19.5 Å². The lowest BCUT2D eigenvalue weighted by molar-refractivity contribution is -0.141. The number of aliphatic hydroxyl groups excluding tert-OH is 1. The Balaban J connectivity index is 1.73. The van der Waals surface area contributed by atoms with E-state index < -0.39 is 18.1 Å². The van der Waals surface area contributed by atoms with Gasteiger partial charge in [-0.2, -0.15) is 0 Å². The summed E-state index contributed by atoms with van der Waals surface area (Å²) in [5.74, 6) is -0.220. The third-order valence-electron chi connectivity index (χ3n) is 3.59. The molecule has 0 bridgehead atoms. The maximum absolute atomic E-state index is 11.8. The molecule has 1 aliphatic heterocycles. The van der Waals surface area contributed by atoms with Crippen molar-refractivity contribution in [3.63, 3.8) is 0 Å². The molecule has 2 aliphatic rings. The summed E-state index contributed by atoms with van der Waals surface area (Å²) in [6, 6.07) is -1.28. The van der Waals surface area contributed by atoms with E-state index in [0.29, 0.717) is 6.54 Å². The van der Waals surface area contributed by atoms with E-state index in [9.17, 15) is 14.7 Å². The van der Waals surface area contributed by atoms with Crippen molar-refractivity contribution in [1.29, 1.82) is 0 Å². The first-order valence-corrected chi connectivity index (χ1v) is 6.53. The molecule has 2 amide bonds. The Morgan fingerprint density at radius 2 is 2.06 bits per heavy atom. The highest BCUT2D eigenvalue weighted by Crippen LogP contribution is 2.33. The second-order valence-corrected chi connectivity index (χ2v) is 5.21. The number of carbonyl (C=O) groups is 2. The lowest BCUT2D eigenvalue weighted by Gasteiger charge is -2.21. The molecular weight excluding hydrogens is 236 g/mol. The Labute approximate surface area is 106 Å². The summed E-state index contributed by atoms with van der Waals surface area (Å²) in [7, 11) is 0. The van der Waals surface area contributed by atoms with Crippen LogP contribution < -0.4 is 5.32 Å². The molecule has 1 saturated carbocycles. The molecule has 0 spiro atoms. The topological polar surface area (TPSA) is 89.9 Å². The minimum absolute atomic E-state index is 0.103. The average molecular weight is 256 g/mol. The smallest absolute Gasteiger partial charge is 0.326 e. The number of aliphatic hydroxyl groups is 1. The van der Waals surface area contributed by atoms with E-state index in [-0.39, 0.29) is 19.0 Å². The molecule has 0 aromatic heterocycles. The summed E-state index contributed by atoms with van der Waals surface area (Å²) in [4.78, 5) is 24.0. The van der Waals surface area contributed by atoms with Crippen LogP contribution in [0.25, 0.3) is 0 Å². The van der Waals surface area contributed by atoms with Crippen molar-refractivity contribution in [1.82, 2.24) is 10.2 Å². The van der Waals surface area contributed by atoms with Crippen LogP contribution in [0.5, 0.6) is 0 Å². The van der Waals surface area contributed by atoms with E-state index >= 15 is 0 Å². The molecule has 1 saturated heterocycles. The first-order chi connectivity index (χ1) is 8.58. The lowest BCUT2D eigenvalue weighted by Crippen LogP contribution is -2.46. The molecule has 2 fully saturated rings. The molecule has 0 aromatic rings. The van der Waals surface area contributed by atoms with Crippen molar-refractivity contribution in [3.8, 4) is 0 Å². The zero-order valence-corrected chi connectivity index (χ0v) is 10.3. The number of rotatable bonds is 5. The number of amides is 2. The highest BCUT2D eigenvalue weighted by atomic mass is 16.4. The predicted octanol–water partition coefficient (Wildman–Crippen LogP) is 0.406. The minimum atomic E-state index is -1.06. The maximum atomic E-state index is 11.8. The van der Waals surface area contributed by atoms with E-state index in [1.165, 1.54) is 17.7 Å². The number of hydrogen-bond donors (Lipinski definition) is 3. The number of aliphatic carboxylic acids is 1. The normalized spacial score (nSPS) is 27.3. The zero-order valence-electron chi connectivity index (χ0n) is 10.3. The van der Waals surface area contributed by atoms with Crippen LogP contribution in [0.3, 0.4) is 0 Å². The van der Waals surface area contributed by atoms with Crippen molar-refractivity contribution in [2.24, 2.45) is 5.92 Å². The molecule has 18 heavy (non-hydrogen) atoms. The summed E-state index contributed by atoms with van der Waals surface area (Å²) >= 11 is 0. The van der Waals surface area contributed by atoms with E-state index in [1.807, 2.05) is 0 Å². The average Bonchev–Trinajstić information content (AvgIpc) is 3.05. The number of carboxylic acids is 1. The van der Waals surface area contributed by atoms with E-state index in [1.54, 1.807) is 0 Å². The van der Waals surface area contributed by atoms with Gasteiger partial charge in [0.15, 0.2) is 0 Å². The van der Waals surface area contributed by atoms with Crippen LogP contribution in [0.2, 0.25) is 0 Å². The Morgan fingerprint density at radius 1 is 1.33 bits per heavy atom. The van der Waals surface area contributed by atoms with Gasteiger partial charge >= 0.3 is 12.0 Å². The minimum Gasteiger partial charge on any atom is -0.480 e. The van der Waals surface area contributed by atoms with Crippen molar-refractivity contribution >= 4 is 12.0 Å². The molecule has 0 radical (unpaired) electrons. The van der Waals surface area contributed by atoms with Gasteiger partial charge in [-0.25, -0.2) is 9.59 Å². The fourth-order valence-electron chi connectivity index (χ4n) is 2.37. The number of hydrogen-bond acceptors (Lipinski definition) is 3. The molecule has 102 valence electrons. The molecule has 2 atom stereocenters. The molecule has 3 N–H and O–H groups in total. The van der Waals surface area contributed by atoms with Crippen LogP contribution in [0.4, 0.5) is 4.79 Å². The van der Waals surface area contributed by atoms with Crippen molar-refractivity contribution in [2.75, 3.05) is 13.1 Å². The molecule has 1 aliphatic carbocycles. The van der Waals surface area contributed by atoms with Crippen LogP contribution >= 0.6 is 0 Å². The van der Waals surface area contributed by atoms with Gasteiger partial charge in [-0.1, -0.05) is 12.8 Å². The summed E-state index contributed by atoms with van der Waals surface area (Å²) in [5.41, 5.74) is 0. The van der Waals surface area contributed by atoms with Gasteiger partial charge in [-0.3, -0.25) is 0 Å². The van der Waals surface area contributed by atoms with E-state index in [2.05, 4.69) is 5.32 Å². The third-order valence-corrected chi connectivity index (χ3v) is 3.59. The van der Waals surface area contributed by atoms with E-state index in [0.717, 1.165) is 18.8 Å². The second-order valence-electron chi connectivity index (χ2n) is 5.21. The van der Waals surface area contributed by atoms with Gasteiger partial charge in [0.25, 0.3) is 0 Å². The first-order valence-electron chi connectivity index (χ1n) is 6.53. The van der Waals surface area contributed by atoms with Crippen LogP contribution in [0, 0.1) is 5.92 Å². The largest absolute Gasteiger partial charge is 0.480 e. The fourth-order valence-corrected chi connectivity index (χ4v) is 2.37. The predicted molar refractivity (Wildman–Crippen MR) is 64.1 cm³/mol. The molecule has 0 aromatic carbocycles.